The highest BCUT2D eigenvalue weighted by Gasteiger charge is 2.45. The van der Waals surface area contributed by atoms with Gasteiger partial charge in [0.2, 0.25) is 5.91 Å². The van der Waals surface area contributed by atoms with Crippen LogP contribution in [0.15, 0.2) is 0 Å². The number of rotatable bonds is 3. The molecule has 0 aromatic rings. The van der Waals surface area contributed by atoms with Gasteiger partial charge in [-0.15, -0.1) is 0 Å². The number of ether oxygens (including phenoxy) is 1. The Balaban J connectivity index is 2.23. The monoisotopic (exact) mass is 300 g/mol. The van der Waals surface area contributed by atoms with E-state index in [1.807, 2.05) is 0 Å². The zero-order valence-electron chi connectivity index (χ0n) is 11.8. The first kappa shape index (κ1) is 15.7. The number of aliphatic hydroxyl groups excluding tert-OH is 1. The largest absolute Gasteiger partial charge is 0.394 e. The van der Waals surface area contributed by atoms with Gasteiger partial charge in [-0.1, -0.05) is 37.9 Å². The Morgan fingerprint density at radius 3 is 2.55 bits per heavy atom. The van der Waals surface area contributed by atoms with Gasteiger partial charge in [0.15, 0.2) is 0 Å². The zero-order chi connectivity index (χ0) is 14.6. The van der Waals surface area contributed by atoms with Gasteiger partial charge in [0, 0.05) is 6.54 Å². The lowest BCUT2D eigenvalue weighted by Crippen LogP contribution is -2.58. The van der Waals surface area contributed by atoms with Gasteiger partial charge in [0.05, 0.1) is 36.3 Å². The van der Waals surface area contributed by atoms with E-state index < -0.39 is 5.41 Å². The number of amides is 1. The van der Waals surface area contributed by atoms with E-state index in [9.17, 15) is 9.90 Å². The van der Waals surface area contributed by atoms with E-state index in [0.29, 0.717) is 24.7 Å². The van der Waals surface area contributed by atoms with Gasteiger partial charge in [-0.05, 0) is 12.8 Å². The fourth-order valence-corrected chi connectivity index (χ4v) is 3.54. The van der Waals surface area contributed by atoms with Crippen molar-refractivity contribution < 1.29 is 14.6 Å². The summed E-state index contributed by atoms with van der Waals surface area (Å²) in [5, 5.41) is 9.45. The minimum absolute atomic E-state index is 0.00532. The number of morpholine rings is 1. The van der Waals surface area contributed by atoms with E-state index in [1.54, 1.807) is 4.90 Å². The number of carbonyl (C=O) groups is 1. The lowest BCUT2D eigenvalue weighted by Gasteiger charge is -2.41. The summed E-state index contributed by atoms with van der Waals surface area (Å²) in [5.74, 6) is -0.00532. The van der Waals surface area contributed by atoms with Crippen molar-refractivity contribution in [1.29, 1.82) is 0 Å². The first-order chi connectivity index (χ1) is 9.62. The predicted molar refractivity (Wildman–Crippen MR) is 80.3 cm³/mol. The third-order valence-electron chi connectivity index (χ3n) is 4.54. The molecule has 1 saturated heterocycles. The highest BCUT2D eigenvalue weighted by molar-refractivity contribution is 7.80. The first-order valence-corrected chi connectivity index (χ1v) is 7.82. The molecule has 0 aromatic heterocycles. The van der Waals surface area contributed by atoms with Crippen LogP contribution in [0.2, 0.25) is 0 Å². The maximum absolute atomic E-state index is 13.0. The van der Waals surface area contributed by atoms with Gasteiger partial charge in [-0.2, -0.15) is 0 Å². The zero-order valence-corrected chi connectivity index (χ0v) is 12.7. The number of nitrogens with two attached hydrogens (primary N) is 1. The molecule has 5 nitrogen and oxygen atoms in total. The van der Waals surface area contributed by atoms with E-state index in [-0.39, 0.29) is 18.6 Å². The minimum atomic E-state index is -0.712. The molecule has 20 heavy (non-hydrogen) atoms. The summed E-state index contributed by atoms with van der Waals surface area (Å²) in [6.45, 7) is 1.32. The minimum Gasteiger partial charge on any atom is -0.394 e. The highest BCUT2D eigenvalue weighted by Crippen LogP contribution is 2.38. The fourth-order valence-electron chi connectivity index (χ4n) is 3.25. The molecule has 1 unspecified atom stereocenters. The SMILES string of the molecule is NC(=S)C1(C(=O)N2CCOCC2CO)CCCCCC1. The van der Waals surface area contributed by atoms with Gasteiger partial charge in [0.25, 0.3) is 0 Å². The summed E-state index contributed by atoms with van der Waals surface area (Å²) in [6, 6.07) is -0.272. The smallest absolute Gasteiger partial charge is 0.236 e. The summed E-state index contributed by atoms with van der Waals surface area (Å²) in [6.07, 6.45) is 5.69. The maximum Gasteiger partial charge on any atom is 0.236 e. The van der Waals surface area contributed by atoms with E-state index >= 15 is 0 Å². The summed E-state index contributed by atoms with van der Waals surface area (Å²) in [4.78, 5) is 15.1. The third-order valence-corrected chi connectivity index (χ3v) is 4.93. The molecule has 1 atom stereocenters. The van der Waals surface area contributed by atoms with Crippen LogP contribution in [-0.4, -0.2) is 53.3 Å². The molecular formula is C14H24N2O3S. The van der Waals surface area contributed by atoms with Crippen LogP contribution in [0.5, 0.6) is 0 Å². The topological polar surface area (TPSA) is 75.8 Å². The van der Waals surface area contributed by atoms with Crippen LogP contribution < -0.4 is 5.73 Å². The summed E-state index contributed by atoms with van der Waals surface area (Å²) >= 11 is 5.24. The van der Waals surface area contributed by atoms with Crippen LogP contribution in [0.1, 0.15) is 38.5 Å². The number of thiocarbonyl (C=S) groups is 1. The van der Waals surface area contributed by atoms with Crippen LogP contribution in [0.3, 0.4) is 0 Å². The fraction of sp³-hybridized carbons (Fsp3) is 0.857. The molecule has 0 spiro atoms. The number of carbonyl (C=O) groups excluding carboxylic acids is 1. The lowest BCUT2D eigenvalue weighted by atomic mass is 9.78. The van der Waals surface area contributed by atoms with Gasteiger partial charge in [-0.25, -0.2) is 0 Å². The average molecular weight is 300 g/mol. The second-order valence-electron chi connectivity index (χ2n) is 5.77. The Hall–Kier alpha value is -0.720. The molecule has 2 fully saturated rings. The number of hydrogen-bond donors (Lipinski definition) is 2. The van der Waals surface area contributed by atoms with Gasteiger partial charge in [-0.3, -0.25) is 4.79 Å². The first-order valence-electron chi connectivity index (χ1n) is 7.41. The normalized spacial score (nSPS) is 26.9. The average Bonchev–Trinajstić information content (AvgIpc) is 2.73. The number of nitrogens with zero attached hydrogens (tertiary/aromatic N) is 1. The second kappa shape index (κ2) is 6.83. The highest BCUT2D eigenvalue weighted by atomic mass is 32.1. The van der Waals surface area contributed by atoms with E-state index in [2.05, 4.69) is 0 Å². The van der Waals surface area contributed by atoms with E-state index in [4.69, 9.17) is 22.7 Å². The summed E-state index contributed by atoms with van der Waals surface area (Å²) < 4.78 is 5.34. The van der Waals surface area contributed by atoms with Crippen molar-refractivity contribution >= 4 is 23.1 Å². The van der Waals surface area contributed by atoms with Crippen molar-refractivity contribution in [1.82, 2.24) is 4.90 Å². The van der Waals surface area contributed by atoms with Crippen LogP contribution in [0.25, 0.3) is 0 Å². The Morgan fingerprint density at radius 2 is 2.00 bits per heavy atom. The summed E-state index contributed by atoms with van der Waals surface area (Å²) in [5.41, 5.74) is 5.24. The molecule has 1 heterocycles. The molecule has 114 valence electrons. The molecule has 1 saturated carbocycles. The lowest BCUT2D eigenvalue weighted by molar-refractivity contribution is -0.149. The van der Waals surface area contributed by atoms with Crippen molar-refractivity contribution in [2.24, 2.45) is 11.1 Å². The van der Waals surface area contributed by atoms with Crippen molar-refractivity contribution in [3.05, 3.63) is 0 Å². The Bertz CT molecular complexity index is 367. The molecule has 2 rings (SSSR count). The van der Waals surface area contributed by atoms with E-state index in [0.717, 1.165) is 38.5 Å². The molecule has 0 radical (unpaired) electrons. The van der Waals surface area contributed by atoms with Gasteiger partial charge in [0.1, 0.15) is 0 Å². The van der Waals surface area contributed by atoms with Crippen LogP contribution in [0, 0.1) is 5.41 Å². The molecule has 0 aromatic carbocycles. The summed E-state index contributed by atoms with van der Waals surface area (Å²) in [7, 11) is 0. The predicted octanol–water partition coefficient (Wildman–Crippen LogP) is 0.833. The van der Waals surface area contributed by atoms with Crippen molar-refractivity contribution in [2.75, 3.05) is 26.4 Å². The van der Waals surface area contributed by atoms with Gasteiger partial charge >= 0.3 is 0 Å². The van der Waals surface area contributed by atoms with Gasteiger partial charge < -0.3 is 20.5 Å². The molecule has 1 aliphatic carbocycles. The molecule has 0 bridgehead atoms. The van der Waals surface area contributed by atoms with Crippen LogP contribution in [-0.2, 0) is 9.53 Å². The Kier molecular flexibility index (Phi) is 5.35. The molecule has 2 aliphatic rings. The molecular weight excluding hydrogens is 276 g/mol. The molecule has 1 aliphatic heterocycles. The van der Waals surface area contributed by atoms with Crippen molar-refractivity contribution in [2.45, 2.75) is 44.6 Å². The third kappa shape index (κ3) is 2.97. The van der Waals surface area contributed by atoms with E-state index in [1.165, 1.54) is 0 Å². The number of hydrogen-bond acceptors (Lipinski definition) is 4. The van der Waals surface area contributed by atoms with Crippen LogP contribution >= 0.6 is 12.2 Å². The standard InChI is InChI=1S/C14H24N2O3S/c15-12(20)14(5-3-1-2-4-6-14)13(18)16-7-8-19-10-11(16)9-17/h11,17H,1-10H2,(H2,15,20). The van der Waals surface area contributed by atoms with Crippen molar-refractivity contribution in [3.8, 4) is 0 Å². The molecule has 6 heteroatoms. The second-order valence-corrected chi connectivity index (χ2v) is 6.21. The maximum atomic E-state index is 13.0. The quantitative estimate of drug-likeness (QED) is 0.596. The van der Waals surface area contributed by atoms with Crippen molar-refractivity contribution in [3.63, 3.8) is 0 Å². The number of aliphatic hydroxyl groups is 1. The van der Waals surface area contributed by atoms with Crippen LogP contribution in [0.4, 0.5) is 0 Å². The molecule has 1 amide bonds. The Morgan fingerprint density at radius 1 is 1.35 bits per heavy atom. The molecule has 3 N–H and O–H groups in total. The Labute approximate surface area is 125 Å².